The third-order valence-corrected chi connectivity index (χ3v) is 2.72. The summed E-state index contributed by atoms with van der Waals surface area (Å²) in [7, 11) is 3.67. The number of hydrogen-bond acceptors (Lipinski definition) is 4. The molecule has 0 aliphatic carbocycles. The molecule has 1 unspecified atom stereocenters. The molecule has 0 fully saturated rings. The molecule has 1 atom stereocenters. The van der Waals surface area contributed by atoms with Gasteiger partial charge in [-0.05, 0) is 14.0 Å². The fraction of sp³-hybridized carbons (Fsp3) is 0.667. The fourth-order valence-corrected chi connectivity index (χ4v) is 1.83. The smallest absolute Gasteiger partial charge is 0.0897 e. The van der Waals surface area contributed by atoms with Crippen LogP contribution in [0, 0.1) is 6.92 Å². The van der Waals surface area contributed by atoms with Gasteiger partial charge in [0.15, 0.2) is 0 Å². The van der Waals surface area contributed by atoms with E-state index in [1.54, 1.807) is 18.4 Å². The van der Waals surface area contributed by atoms with Crippen LogP contribution in [-0.4, -0.2) is 31.8 Å². The SMILES string of the molecule is CNC(COC)Cc1csc(C)n1. The summed E-state index contributed by atoms with van der Waals surface area (Å²) in [5.74, 6) is 0. The molecule has 4 heteroatoms. The van der Waals surface area contributed by atoms with Crippen LogP contribution >= 0.6 is 11.3 Å². The largest absolute Gasteiger partial charge is 0.383 e. The molecule has 0 aliphatic rings. The lowest BCUT2D eigenvalue weighted by Crippen LogP contribution is -2.32. The second-order valence-corrected chi connectivity index (χ2v) is 4.07. The van der Waals surface area contributed by atoms with Crippen LogP contribution in [0.15, 0.2) is 5.38 Å². The van der Waals surface area contributed by atoms with E-state index in [4.69, 9.17) is 4.74 Å². The summed E-state index contributed by atoms with van der Waals surface area (Å²) >= 11 is 1.70. The van der Waals surface area contributed by atoms with E-state index < -0.39 is 0 Å². The Morgan fingerprint density at radius 3 is 2.92 bits per heavy atom. The van der Waals surface area contributed by atoms with Crippen LogP contribution in [0.25, 0.3) is 0 Å². The molecule has 1 heterocycles. The maximum absolute atomic E-state index is 5.09. The normalized spacial score (nSPS) is 13.2. The first kappa shape index (κ1) is 10.6. The predicted molar refractivity (Wildman–Crippen MR) is 55.3 cm³/mol. The van der Waals surface area contributed by atoms with Crippen LogP contribution < -0.4 is 5.32 Å². The maximum atomic E-state index is 5.09. The Kier molecular flexibility index (Phi) is 4.35. The zero-order valence-corrected chi connectivity index (χ0v) is 9.15. The molecular weight excluding hydrogens is 184 g/mol. The minimum atomic E-state index is 0.367. The van der Waals surface area contributed by atoms with Gasteiger partial charge in [0.1, 0.15) is 0 Å². The van der Waals surface area contributed by atoms with Gasteiger partial charge < -0.3 is 10.1 Å². The van der Waals surface area contributed by atoms with Crippen LogP contribution in [0.2, 0.25) is 0 Å². The molecule has 0 saturated carbocycles. The van der Waals surface area contributed by atoms with Crippen LogP contribution in [0.1, 0.15) is 10.7 Å². The molecule has 1 N–H and O–H groups in total. The van der Waals surface area contributed by atoms with Gasteiger partial charge in [-0.1, -0.05) is 0 Å². The molecule has 1 aromatic heterocycles. The summed E-state index contributed by atoms with van der Waals surface area (Å²) in [6, 6.07) is 0.367. The molecule has 13 heavy (non-hydrogen) atoms. The Morgan fingerprint density at radius 2 is 2.46 bits per heavy atom. The van der Waals surface area contributed by atoms with Gasteiger partial charge in [-0.25, -0.2) is 4.98 Å². The molecule has 1 aromatic rings. The first-order chi connectivity index (χ1) is 6.26. The monoisotopic (exact) mass is 200 g/mol. The van der Waals surface area contributed by atoms with E-state index >= 15 is 0 Å². The second-order valence-electron chi connectivity index (χ2n) is 3.00. The third kappa shape index (κ3) is 3.42. The molecular formula is C9H16N2OS. The highest BCUT2D eigenvalue weighted by Gasteiger charge is 2.08. The predicted octanol–water partition coefficient (Wildman–Crippen LogP) is 1.23. The lowest BCUT2D eigenvalue weighted by atomic mass is 10.2. The lowest BCUT2D eigenvalue weighted by molar-refractivity contribution is 0.169. The molecule has 0 spiro atoms. The van der Waals surface area contributed by atoms with Gasteiger partial charge in [-0.15, -0.1) is 11.3 Å². The van der Waals surface area contributed by atoms with Gasteiger partial charge in [0.2, 0.25) is 0 Å². The average Bonchev–Trinajstić information content (AvgIpc) is 2.50. The molecule has 0 aromatic carbocycles. The number of thiazole rings is 1. The molecule has 3 nitrogen and oxygen atoms in total. The van der Waals surface area contributed by atoms with Crippen molar-refractivity contribution < 1.29 is 4.74 Å². The first-order valence-electron chi connectivity index (χ1n) is 4.33. The molecule has 0 saturated heterocycles. The summed E-state index contributed by atoms with van der Waals surface area (Å²) in [5.41, 5.74) is 1.15. The standard InChI is InChI=1S/C9H16N2OS/c1-7-11-9(6-13-7)4-8(10-2)5-12-3/h6,8,10H,4-5H2,1-3H3. The Morgan fingerprint density at radius 1 is 1.69 bits per heavy atom. The van der Waals surface area contributed by atoms with Gasteiger partial charge in [-0.2, -0.15) is 0 Å². The molecule has 0 radical (unpaired) electrons. The van der Waals surface area contributed by atoms with Crippen molar-refractivity contribution in [3.05, 3.63) is 16.1 Å². The van der Waals surface area contributed by atoms with E-state index in [2.05, 4.69) is 15.7 Å². The Bertz CT molecular complexity index is 250. The van der Waals surface area contributed by atoms with Crippen LogP contribution in [0.5, 0.6) is 0 Å². The van der Waals surface area contributed by atoms with E-state index in [9.17, 15) is 0 Å². The van der Waals surface area contributed by atoms with E-state index in [0.29, 0.717) is 6.04 Å². The van der Waals surface area contributed by atoms with Crippen molar-refractivity contribution in [3.8, 4) is 0 Å². The first-order valence-corrected chi connectivity index (χ1v) is 5.21. The van der Waals surface area contributed by atoms with E-state index in [1.165, 1.54) is 0 Å². The Balaban J connectivity index is 2.46. The summed E-state index contributed by atoms with van der Waals surface area (Å²) in [5, 5.41) is 6.43. The molecule has 0 bridgehead atoms. The highest BCUT2D eigenvalue weighted by molar-refractivity contribution is 7.09. The zero-order chi connectivity index (χ0) is 9.68. The highest BCUT2D eigenvalue weighted by Crippen LogP contribution is 2.09. The zero-order valence-electron chi connectivity index (χ0n) is 8.33. The van der Waals surface area contributed by atoms with Crippen LogP contribution in [0.3, 0.4) is 0 Å². The number of rotatable bonds is 5. The molecule has 0 aliphatic heterocycles. The van der Waals surface area contributed by atoms with Gasteiger partial charge in [0.05, 0.1) is 17.3 Å². The van der Waals surface area contributed by atoms with E-state index in [1.807, 2.05) is 14.0 Å². The summed E-state index contributed by atoms with van der Waals surface area (Å²) in [6.45, 7) is 2.76. The van der Waals surface area contributed by atoms with E-state index in [-0.39, 0.29) is 0 Å². The third-order valence-electron chi connectivity index (χ3n) is 1.90. The number of likely N-dealkylation sites (N-methyl/N-ethyl adjacent to an activating group) is 1. The van der Waals surface area contributed by atoms with Crippen molar-refractivity contribution in [2.24, 2.45) is 0 Å². The summed E-state index contributed by atoms with van der Waals surface area (Å²) in [6.07, 6.45) is 0.939. The number of hydrogen-bond donors (Lipinski definition) is 1. The molecule has 74 valence electrons. The fourth-order valence-electron chi connectivity index (χ4n) is 1.20. The van der Waals surface area contributed by atoms with Crippen LogP contribution in [-0.2, 0) is 11.2 Å². The van der Waals surface area contributed by atoms with Crippen LogP contribution in [0.4, 0.5) is 0 Å². The quantitative estimate of drug-likeness (QED) is 0.776. The second kappa shape index (κ2) is 5.32. The topological polar surface area (TPSA) is 34.1 Å². The van der Waals surface area contributed by atoms with Crippen molar-refractivity contribution in [3.63, 3.8) is 0 Å². The van der Waals surface area contributed by atoms with Gasteiger partial charge in [-0.3, -0.25) is 0 Å². The van der Waals surface area contributed by atoms with Crippen molar-refractivity contribution in [2.45, 2.75) is 19.4 Å². The highest BCUT2D eigenvalue weighted by atomic mass is 32.1. The summed E-state index contributed by atoms with van der Waals surface area (Å²) in [4.78, 5) is 4.40. The van der Waals surface area contributed by atoms with Crippen molar-refractivity contribution in [1.29, 1.82) is 0 Å². The minimum absolute atomic E-state index is 0.367. The van der Waals surface area contributed by atoms with Gasteiger partial charge >= 0.3 is 0 Å². The van der Waals surface area contributed by atoms with Gasteiger partial charge in [0, 0.05) is 25.0 Å². The number of aryl methyl sites for hydroxylation is 1. The minimum Gasteiger partial charge on any atom is -0.383 e. The number of methoxy groups -OCH3 is 1. The van der Waals surface area contributed by atoms with Crippen molar-refractivity contribution in [2.75, 3.05) is 20.8 Å². The summed E-state index contributed by atoms with van der Waals surface area (Å²) < 4.78 is 5.09. The van der Waals surface area contributed by atoms with Crippen molar-refractivity contribution in [1.82, 2.24) is 10.3 Å². The van der Waals surface area contributed by atoms with Gasteiger partial charge in [0.25, 0.3) is 0 Å². The average molecular weight is 200 g/mol. The molecule has 1 rings (SSSR count). The maximum Gasteiger partial charge on any atom is 0.0897 e. The molecule has 0 amide bonds. The Hall–Kier alpha value is -0.450. The number of nitrogens with one attached hydrogen (secondary N) is 1. The number of ether oxygens (including phenoxy) is 1. The lowest BCUT2D eigenvalue weighted by Gasteiger charge is -2.12. The Labute approximate surface area is 83.1 Å². The number of aromatic nitrogens is 1. The van der Waals surface area contributed by atoms with Crippen molar-refractivity contribution >= 4 is 11.3 Å². The van der Waals surface area contributed by atoms with E-state index in [0.717, 1.165) is 23.7 Å². The number of nitrogens with zero attached hydrogens (tertiary/aromatic N) is 1.